The van der Waals surface area contributed by atoms with E-state index in [9.17, 15) is 30.0 Å². The molecule has 12 heteroatoms. The molecule has 0 radical (unpaired) electrons. The molecule has 1 aromatic carbocycles. The fraction of sp³-hybridized carbons (Fsp3) is 0.650. The predicted octanol–water partition coefficient (Wildman–Crippen LogP) is 5.31. The summed E-state index contributed by atoms with van der Waals surface area (Å²) in [6.45, 7) is 14.5. The molecule has 0 bridgehead atoms. The monoisotopic (exact) mass is 751 g/mol. The second-order valence-electron chi connectivity index (χ2n) is 14.4. The number of allylic oxidation sites excluding steroid dienone is 2. The van der Waals surface area contributed by atoms with Crippen molar-refractivity contribution in [2.24, 2.45) is 5.92 Å². The third-order valence-electron chi connectivity index (χ3n) is 9.64. The first-order chi connectivity index (χ1) is 24.3. The molecule has 4 N–H and O–H groups in total. The van der Waals surface area contributed by atoms with Crippen molar-refractivity contribution in [1.82, 2.24) is 4.90 Å². The highest BCUT2D eigenvalue weighted by atomic mass is 35.5. The Morgan fingerprint density at radius 1 is 1.19 bits per heavy atom. The summed E-state index contributed by atoms with van der Waals surface area (Å²) < 4.78 is 23.4. The highest BCUT2D eigenvalue weighted by Crippen LogP contribution is 2.29. The molecule has 0 aliphatic carbocycles. The molecule has 0 saturated heterocycles. The highest BCUT2D eigenvalue weighted by Gasteiger charge is 2.40. The second-order valence-corrected chi connectivity index (χ2v) is 14.9. The SMILES string of the molecule is CC[C@H](OC)C(C)OC(C)C(N(CCO)Cc1ccc(Cl)cc1)C(C)(O)/C=C/C=C(\C)[C@H]1OC(=O)CC(O)CCC(C)(O)[C@@H](OC(C)=O)/C=C/C1C. The summed E-state index contributed by atoms with van der Waals surface area (Å²) in [6.07, 6.45) is 5.30. The van der Waals surface area contributed by atoms with Crippen LogP contribution in [0.15, 0.2) is 60.2 Å². The molecule has 0 saturated carbocycles. The highest BCUT2D eigenvalue weighted by molar-refractivity contribution is 6.30. The van der Waals surface area contributed by atoms with Gasteiger partial charge in [0.15, 0.2) is 0 Å². The van der Waals surface area contributed by atoms with E-state index in [0.29, 0.717) is 17.1 Å². The first kappa shape index (κ1) is 45.5. The van der Waals surface area contributed by atoms with Gasteiger partial charge in [0.25, 0.3) is 0 Å². The van der Waals surface area contributed by atoms with Crippen LogP contribution in [-0.2, 0) is 35.1 Å². The molecule has 0 fully saturated rings. The number of hydrogen-bond acceptors (Lipinski definition) is 11. The normalized spacial score (nSPS) is 27.8. The molecule has 52 heavy (non-hydrogen) atoms. The van der Waals surface area contributed by atoms with Gasteiger partial charge in [0.1, 0.15) is 17.8 Å². The molecular weight excluding hydrogens is 690 g/mol. The molecule has 7 unspecified atom stereocenters. The number of benzene rings is 1. The molecule has 294 valence electrons. The summed E-state index contributed by atoms with van der Waals surface area (Å²) in [5.41, 5.74) is -1.38. The van der Waals surface area contributed by atoms with Crippen LogP contribution in [0.1, 0.15) is 86.6 Å². The van der Waals surface area contributed by atoms with Gasteiger partial charge in [-0.25, -0.2) is 0 Å². The molecule has 2 rings (SSSR count). The lowest BCUT2D eigenvalue weighted by molar-refractivity contribution is -0.157. The van der Waals surface area contributed by atoms with E-state index < -0.39 is 59.5 Å². The third-order valence-corrected chi connectivity index (χ3v) is 9.89. The molecular formula is C40H62ClNO10. The van der Waals surface area contributed by atoms with Crippen molar-refractivity contribution in [1.29, 1.82) is 0 Å². The lowest BCUT2D eigenvalue weighted by atomic mass is 9.88. The Hall–Kier alpha value is -2.61. The molecule has 0 spiro atoms. The Labute approximate surface area is 315 Å². The summed E-state index contributed by atoms with van der Waals surface area (Å²) in [5, 5.41) is 44.6. The van der Waals surface area contributed by atoms with Crippen LogP contribution in [0.2, 0.25) is 5.02 Å². The average Bonchev–Trinajstić information content (AvgIpc) is 3.05. The largest absolute Gasteiger partial charge is 0.457 e. The van der Waals surface area contributed by atoms with E-state index in [1.54, 1.807) is 63.5 Å². The Kier molecular flexibility index (Phi) is 18.7. The number of cyclic esters (lactones) is 1. The molecule has 1 aliphatic heterocycles. The van der Waals surface area contributed by atoms with Crippen molar-refractivity contribution < 1.29 is 49.0 Å². The van der Waals surface area contributed by atoms with Gasteiger partial charge in [-0.05, 0) is 83.2 Å². The number of carbonyl (C=O) groups is 2. The molecule has 0 aromatic heterocycles. The number of nitrogens with zero attached hydrogens (tertiary/aromatic N) is 1. The number of esters is 2. The van der Waals surface area contributed by atoms with E-state index in [1.165, 1.54) is 13.8 Å². The summed E-state index contributed by atoms with van der Waals surface area (Å²) in [5.74, 6) is -1.58. The Morgan fingerprint density at radius 2 is 1.85 bits per heavy atom. The Morgan fingerprint density at radius 3 is 2.42 bits per heavy atom. The molecule has 10 atom stereocenters. The molecule has 1 aliphatic rings. The lowest BCUT2D eigenvalue weighted by Crippen LogP contribution is -2.57. The number of methoxy groups -OCH3 is 1. The van der Waals surface area contributed by atoms with E-state index in [2.05, 4.69) is 0 Å². The van der Waals surface area contributed by atoms with E-state index in [0.717, 1.165) is 12.0 Å². The summed E-state index contributed by atoms with van der Waals surface area (Å²) in [6, 6.07) is 6.77. The number of rotatable bonds is 16. The summed E-state index contributed by atoms with van der Waals surface area (Å²) in [4.78, 5) is 26.8. The summed E-state index contributed by atoms with van der Waals surface area (Å²) >= 11 is 6.14. The topological polar surface area (TPSA) is 155 Å². The van der Waals surface area contributed by atoms with Crippen LogP contribution in [-0.4, -0.2) is 111 Å². The zero-order valence-corrected chi connectivity index (χ0v) is 33.1. The minimum absolute atomic E-state index is 0.0930. The van der Waals surface area contributed by atoms with E-state index >= 15 is 0 Å². The van der Waals surface area contributed by atoms with Gasteiger partial charge < -0.3 is 39.4 Å². The number of halogens is 1. The van der Waals surface area contributed by atoms with Crippen LogP contribution in [0.5, 0.6) is 0 Å². The maximum Gasteiger partial charge on any atom is 0.309 e. The van der Waals surface area contributed by atoms with Crippen molar-refractivity contribution in [3.63, 3.8) is 0 Å². The Bertz CT molecular complexity index is 1340. The van der Waals surface area contributed by atoms with Gasteiger partial charge >= 0.3 is 11.9 Å². The maximum absolute atomic E-state index is 12.9. The Balaban J connectivity index is 2.52. The standard InChI is InChI=1S/C40H62ClNO10/c1-10-34(49-9)28(4)50-29(5)38(42(22-23-43)25-31-14-16-32(41)17-15-31)40(8,48)20-11-12-26(2)37-27(3)13-18-35(51-30(6)44)39(7,47)21-19-33(45)24-36(46)52-37/h11-18,20,27-29,33-35,37-38,43,45,47-48H,10,19,21-25H2,1-9H3/b18-13+,20-11+,26-12+/t27?,28?,29?,33?,34-,35-,37+,38?,39?,40?/m0/s1. The number of hydrogen-bond donors (Lipinski definition) is 4. The van der Waals surface area contributed by atoms with Crippen molar-refractivity contribution in [2.75, 3.05) is 20.3 Å². The van der Waals surface area contributed by atoms with Gasteiger partial charge in [0, 0.05) is 38.1 Å². The maximum atomic E-state index is 12.9. The van der Waals surface area contributed by atoms with E-state index in [1.807, 2.05) is 44.7 Å². The molecule has 1 aromatic rings. The molecule has 1 heterocycles. The van der Waals surface area contributed by atoms with Crippen LogP contribution in [0.3, 0.4) is 0 Å². The van der Waals surface area contributed by atoms with Crippen LogP contribution >= 0.6 is 11.6 Å². The minimum Gasteiger partial charge on any atom is -0.457 e. The number of ether oxygens (including phenoxy) is 4. The average molecular weight is 752 g/mol. The van der Waals surface area contributed by atoms with Gasteiger partial charge in [-0.2, -0.15) is 0 Å². The zero-order chi connectivity index (χ0) is 39.2. The predicted molar refractivity (Wildman–Crippen MR) is 202 cm³/mol. The van der Waals surface area contributed by atoms with Crippen LogP contribution in [0.4, 0.5) is 0 Å². The van der Waals surface area contributed by atoms with Crippen LogP contribution in [0.25, 0.3) is 0 Å². The van der Waals surface area contributed by atoms with Gasteiger partial charge in [-0.1, -0.05) is 61.9 Å². The fourth-order valence-electron chi connectivity index (χ4n) is 6.82. The number of aliphatic hydroxyl groups excluding tert-OH is 2. The van der Waals surface area contributed by atoms with Crippen LogP contribution < -0.4 is 0 Å². The van der Waals surface area contributed by atoms with Gasteiger partial charge in [0.05, 0.1) is 49.1 Å². The van der Waals surface area contributed by atoms with Crippen LogP contribution in [0, 0.1) is 5.92 Å². The quantitative estimate of drug-likeness (QED) is 0.0988. The molecule has 11 nitrogen and oxygen atoms in total. The van der Waals surface area contributed by atoms with Crippen molar-refractivity contribution in [3.8, 4) is 0 Å². The smallest absolute Gasteiger partial charge is 0.309 e. The minimum atomic E-state index is -1.49. The van der Waals surface area contributed by atoms with E-state index in [4.69, 9.17) is 30.5 Å². The first-order valence-electron chi connectivity index (χ1n) is 18.2. The second kappa shape index (κ2) is 21.3. The summed E-state index contributed by atoms with van der Waals surface area (Å²) in [7, 11) is 1.64. The number of aliphatic hydroxyl groups is 4. The first-order valence-corrected chi connectivity index (χ1v) is 18.5. The van der Waals surface area contributed by atoms with Gasteiger partial charge in [-0.15, -0.1) is 0 Å². The third kappa shape index (κ3) is 14.3. The molecule has 0 amide bonds. The zero-order valence-electron chi connectivity index (χ0n) is 32.3. The van der Waals surface area contributed by atoms with Gasteiger partial charge in [-0.3, -0.25) is 14.5 Å². The number of carbonyl (C=O) groups excluding carboxylic acids is 2. The fourth-order valence-corrected chi connectivity index (χ4v) is 6.95. The van der Waals surface area contributed by atoms with Crippen molar-refractivity contribution in [3.05, 3.63) is 70.8 Å². The van der Waals surface area contributed by atoms with Gasteiger partial charge in [0.2, 0.25) is 0 Å². The van der Waals surface area contributed by atoms with Crippen molar-refractivity contribution >= 4 is 23.5 Å². The van der Waals surface area contributed by atoms with Crippen molar-refractivity contribution in [2.45, 2.75) is 141 Å². The lowest BCUT2D eigenvalue weighted by Gasteiger charge is -2.44. The van der Waals surface area contributed by atoms with E-state index in [-0.39, 0.29) is 44.6 Å².